The van der Waals surface area contributed by atoms with E-state index in [0.717, 1.165) is 25.7 Å². The SMILES string of the molecule is O=C(COc1cc(C2(O)CCCC2)cc(C2(O)CCCC2)c1)OC(C(F)(F)F)C(F)(F)S(=O)(=O)O. The monoisotopic (exact) mass is 532 g/mol. The van der Waals surface area contributed by atoms with Crippen LogP contribution < -0.4 is 4.74 Å². The van der Waals surface area contributed by atoms with E-state index in [9.17, 15) is 45.4 Å². The van der Waals surface area contributed by atoms with E-state index in [4.69, 9.17) is 9.29 Å². The molecule has 2 saturated carbocycles. The van der Waals surface area contributed by atoms with Crippen molar-refractivity contribution in [1.82, 2.24) is 0 Å². The molecule has 1 unspecified atom stereocenters. The van der Waals surface area contributed by atoms with Crippen molar-refractivity contribution in [3.63, 3.8) is 0 Å². The highest BCUT2D eigenvalue weighted by molar-refractivity contribution is 7.86. The zero-order valence-corrected chi connectivity index (χ0v) is 19.2. The lowest BCUT2D eigenvalue weighted by molar-refractivity contribution is -0.259. The number of halogens is 5. The first-order chi connectivity index (χ1) is 16.0. The van der Waals surface area contributed by atoms with Crippen molar-refractivity contribution in [2.75, 3.05) is 6.61 Å². The maximum Gasteiger partial charge on any atom is 0.432 e. The number of carbonyl (C=O) groups is 1. The molecule has 0 radical (unpaired) electrons. The Labute approximate surface area is 197 Å². The van der Waals surface area contributed by atoms with Gasteiger partial charge in [-0.05, 0) is 55.0 Å². The second-order valence-electron chi connectivity index (χ2n) is 8.96. The molecule has 3 N–H and O–H groups in total. The number of hydrogen-bond donors (Lipinski definition) is 3. The maximum atomic E-state index is 13.6. The van der Waals surface area contributed by atoms with Crippen LogP contribution in [-0.2, 0) is 30.9 Å². The fraction of sp³-hybridized carbons (Fsp3) is 0.667. The van der Waals surface area contributed by atoms with Crippen LogP contribution in [-0.4, -0.2) is 53.3 Å². The van der Waals surface area contributed by atoms with Gasteiger partial charge in [-0.25, -0.2) is 4.79 Å². The second kappa shape index (κ2) is 9.45. The summed E-state index contributed by atoms with van der Waals surface area (Å²) in [5.74, 6) is -2.12. The molecule has 2 aliphatic rings. The molecule has 1 aromatic rings. The van der Waals surface area contributed by atoms with Gasteiger partial charge in [-0.15, -0.1) is 0 Å². The van der Waals surface area contributed by atoms with Gasteiger partial charge in [0.15, 0.2) is 6.61 Å². The molecule has 35 heavy (non-hydrogen) atoms. The Hall–Kier alpha value is -2.03. The normalized spacial score (nSPS) is 21.0. The minimum absolute atomic E-state index is 0.139. The first kappa shape index (κ1) is 27.6. The van der Waals surface area contributed by atoms with Crippen molar-refractivity contribution >= 4 is 16.1 Å². The number of alkyl halides is 5. The molecule has 0 aromatic heterocycles. The highest BCUT2D eigenvalue weighted by atomic mass is 32.2. The Morgan fingerprint density at radius 3 is 1.71 bits per heavy atom. The van der Waals surface area contributed by atoms with Crippen LogP contribution in [0.5, 0.6) is 5.75 Å². The molecule has 0 heterocycles. The minimum Gasteiger partial charge on any atom is -0.482 e. The zero-order valence-electron chi connectivity index (χ0n) is 18.4. The number of hydrogen-bond acceptors (Lipinski definition) is 7. The lowest BCUT2D eigenvalue weighted by Crippen LogP contribution is -2.52. The van der Waals surface area contributed by atoms with E-state index in [2.05, 4.69) is 4.74 Å². The number of rotatable bonds is 8. The molecule has 0 spiro atoms. The van der Waals surface area contributed by atoms with Crippen LogP contribution in [0.3, 0.4) is 0 Å². The van der Waals surface area contributed by atoms with Gasteiger partial charge in [-0.3, -0.25) is 4.55 Å². The molecule has 8 nitrogen and oxygen atoms in total. The first-order valence-electron chi connectivity index (χ1n) is 10.8. The van der Waals surface area contributed by atoms with Gasteiger partial charge < -0.3 is 19.7 Å². The van der Waals surface area contributed by atoms with Crippen LogP contribution in [0.1, 0.15) is 62.5 Å². The van der Waals surface area contributed by atoms with Crippen molar-refractivity contribution in [1.29, 1.82) is 0 Å². The number of benzene rings is 1. The van der Waals surface area contributed by atoms with Crippen molar-refractivity contribution in [3.8, 4) is 5.75 Å². The summed E-state index contributed by atoms with van der Waals surface area (Å²) in [6.45, 7) is -1.33. The minimum atomic E-state index is -6.57. The van der Waals surface area contributed by atoms with Crippen molar-refractivity contribution < 1.29 is 59.4 Å². The number of aliphatic hydroxyl groups is 2. The molecule has 0 aliphatic heterocycles. The Kier molecular flexibility index (Phi) is 7.44. The summed E-state index contributed by atoms with van der Waals surface area (Å²) in [7, 11) is -6.57. The summed E-state index contributed by atoms with van der Waals surface area (Å²) in [5.41, 5.74) is -1.77. The first-order valence-corrected chi connectivity index (χ1v) is 12.3. The molecule has 2 fully saturated rings. The van der Waals surface area contributed by atoms with E-state index < -0.39 is 51.4 Å². The van der Waals surface area contributed by atoms with Gasteiger partial charge in [-0.1, -0.05) is 25.7 Å². The fourth-order valence-corrected chi connectivity index (χ4v) is 4.94. The largest absolute Gasteiger partial charge is 0.482 e. The fourth-order valence-electron chi connectivity index (χ4n) is 4.49. The van der Waals surface area contributed by atoms with Gasteiger partial charge in [0.1, 0.15) is 5.75 Å². The Morgan fingerprint density at radius 2 is 1.34 bits per heavy atom. The second-order valence-corrected chi connectivity index (χ2v) is 10.5. The molecular weight excluding hydrogens is 507 g/mol. The molecule has 0 saturated heterocycles. The van der Waals surface area contributed by atoms with E-state index in [1.807, 2.05) is 0 Å². The highest BCUT2D eigenvalue weighted by Crippen LogP contribution is 2.45. The Morgan fingerprint density at radius 1 is 0.914 bits per heavy atom. The Balaban J connectivity index is 1.83. The van der Waals surface area contributed by atoms with Gasteiger partial charge >= 0.3 is 27.5 Å². The summed E-state index contributed by atoms with van der Waals surface area (Å²) < 4.78 is 105. The molecule has 3 rings (SSSR count). The third-order valence-corrected chi connectivity index (χ3v) is 7.30. The third-order valence-electron chi connectivity index (χ3n) is 6.40. The van der Waals surface area contributed by atoms with Crippen LogP contribution in [0.2, 0.25) is 0 Å². The zero-order chi connectivity index (χ0) is 26.3. The molecular formula is C21H25F5O8S. The predicted octanol–water partition coefficient (Wildman–Crippen LogP) is 3.54. The van der Waals surface area contributed by atoms with Crippen LogP contribution in [0.25, 0.3) is 0 Å². The number of carbonyl (C=O) groups excluding carboxylic acids is 1. The van der Waals surface area contributed by atoms with Crippen molar-refractivity contribution in [2.45, 2.75) is 80.1 Å². The molecule has 0 bridgehead atoms. The summed E-state index contributed by atoms with van der Waals surface area (Å²) in [6.07, 6.45) is -5.93. The average Bonchev–Trinajstić information content (AvgIpc) is 3.38. The van der Waals surface area contributed by atoms with E-state index in [1.54, 1.807) is 6.07 Å². The predicted molar refractivity (Wildman–Crippen MR) is 109 cm³/mol. The highest BCUT2D eigenvalue weighted by Gasteiger charge is 2.66. The lowest BCUT2D eigenvalue weighted by atomic mass is 9.85. The quantitative estimate of drug-likeness (QED) is 0.263. The van der Waals surface area contributed by atoms with Crippen LogP contribution in [0.4, 0.5) is 22.0 Å². The third kappa shape index (κ3) is 5.87. The summed E-state index contributed by atoms with van der Waals surface area (Å²) >= 11 is 0. The topological polar surface area (TPSA) is 130 Å². The van der Waals surface area contributed by atoms with Gasteiger partial charge in [0, 0.05) is 0 Å². The summed E-state index contributed by atoms with van der Waals surface area (Å²) in [5, 5.41) is 16.1. The van der Waals surface area contributed by atoms with Gasteiger partial charge in [0.2, 0.25) is 0 Å². The smallest absolute Gasteiger partial charge is 0.432 e. The number of ether oxygens (including phenoxy) is 2. The number of esters is 1. The van der Waals surface area contributed by atoms with E-state index >= 15 is 0 Å². The van der Waals surface area contributed by atoms with E-state index in [0.29, 0.717) is 36.8 Å². The molecule has 198 valence electrons. The van der Waals surface area contributed by atoms with Gasteiger partial charge in [-0.2, -0.15) is 30.4 Å². The standard InChI is InChI=1S/C21H25F5O8S/c22-20(23,24)17(21(25,26)35(30,31)32)34-16(27)12-33-15-10-13(18(28)5-1-2-6-18)9-14(11-15)19(29)7-3-4-8-19/h9-11,17,28-29H,1-8,12H2,(H,30,31,32). The van der Waals surface area contributed by atoms with Crippen LogP contribution in [0.15, 0.2) is 18.2 Å². The average molecular weight is 532 g/mol. The lowest BCUT2D eigenvalue weighted by Gasteiger charge is -2.29. The molecule has 2 aliphatic carbocycles. The molecule has 1 aromatic carbocycles. The summed E-state index contributed by atoms with van der Waals surface area (Å²) in [6, 6.07) is 4.26. The molecule has 0 amide bonds. The van der Waals surface area contributed by atoms with Crippen LogP contribution in [0, 0.1) is 0 Å². The molecule has 1 atom stereocenters. The van der Waals surface area contributed by atoms with E-state index in [-0.39, 0.29) is 5.75 Å². The maximum absolute atomic E-state index is 13.6. The molecule has 14 heteroatoms. The van der Waals surface area contributed by atoms with Gasteiger partial charge in [0.05, 0.1) is 11.2 Å². The van der Waals surface area contributed by atoms with Gasteiger partial charge in [0.25, 0.3) is 6.10 Å². The summed E-state index contributed by atoms with van der Waals surface area (Å²) in [4.78, 5) is 11.9. The van der Waals surface area contributed by atoms with E-state index in [1.165, 1.54) is 12.1 Å². The Bertz CT molecular complexity index is 1000. The van der Waals surface area contributed by atoms with Crippen molar-refractivity contribution in [3.05, 3.63) is 29.3 Å². The van der Waals surface area contributed by atoms with Crippen LogP contribution >= 0.6 is 0 Å². The van der Waals surface area contributed by atoms with Crippen molar-refractivity contribution in [2.24, 2.45) is 0 Å².